The average Bonchev–Trinajstić information content (AvgIpc) is 2.64. The second-order valence-corrected chi connectivity index (χ2v) is 7.71. The Morgan fingerprint density at radius 2 is 1.65 bits per heavy atom. The fourth-order valence-corrected chi connectivity index (χ4v) is 3.23. The highest BCUT2D eigenvalue weighted by Crippen LogP contribution is 2.22. The smallest absolute Gasteiger partial charge is 0.153 e. The van der Waals surface area contributed by atoms with Crippen molar-refractivity contribution in [3.8, 4) is 18.1 Å². The lowest BCUT2D eigenvalue weighted by atomic mass is 9.97. The Hall–Kier alpha value is -2.31. The van der Waals surface area contributed by atoms with Crippen LogP contribution in [0.3, 0.4) is 0 Å². The van der Waals surface area contributed by atoms with Crippen LogP contribution in [-0.4, -0.2) is 22.5 Å². The number of aryl methyl sites for hydroxylation is 2. The molecule has 2 rings (SSSR count). The van der Waals surface area contributed by atoms with Gasteiger partial charge in [-0.15, -0.1) is 6.42 Å². The summed E-state index contributed by atoms with van der Waals surface area (Å²) in [6.45, 7) is 7.13. The van der Waals surface area contributed by atoms with E-state index in [1.54, 1.807) is 7.11 Å². The first kappa shape index (κ1) is 20.0. The summed E-state index contributed by atoms with van der Waals surface area (Å²) in [5.74, 6) is 3.51. The zero-order chi connectivity index (χ0) is 19.2. The van der Waals surface area contributed by atoms with Crippen molar-refractivity contribution in [3.63, 3.8) is 0 Å². The molecule has 0 saturated carbocycles. The molecule has 0 unspecified atom stereocenters. The lowest BCUT2D eigenvalue weighted by Gasteiger charge is -2.36. The number of hydrogen-bond acceptors (Lipinski definition) is 2. The first-order chi connectivity index (χ1) is 12.3. The van der Waals surface area contributed by atoms with Gasteiger partial charge >= 0.3 is 0 Å². The maximum atomic E-state index is 5.58. The fraction of sp³-hybridized carbons (Fsp3) is 0.348. The van der Waals surface area contributed by atoms with Crippen molar-refractivity contribution in [2.75, 3.05) is 7.11 Å². The first-order valence-electron chi connectivity index (χ1n) is 8.83. The van der Waals surface area contributed by atoms with Crippen molar-refractivity contribution in [1.29, 1.82) is 0 Å². The van der Waals surface area contributed by atoms with Gasteiger partial charge in [-0.25, -0.2) is 0 Å². The molecular formula is C23H27NOS. The molecule has 26 heavy (non-hydrogen) atoms. The van der Waals surface area contributed by atoms with Crippen molar-refractivity contribution < 1.29 is 4.74 Å². The molecule has 0 aliphatic carbocycles. The Morgan fingerprint density at radius 1 is 1.04 bits per heavy atom. The topological polar surface area (TPSA) is 12.5 Å². The molecule has 0 aliphatic heterocycles. The Kier molecular flexibility index (Phi) is 6.83. The van der Waals surface area contributed by atoms with Crippen LogP contribution in [0.2, 0.25) is 0 Å². The van der Waals surface area contributed by atoms with Gasteiger partial charge in [-0.1, -0.05) is 48.6 Å². The minimum atomic E-state index is -0.119. The number of terminal acetylenes is 1. The first-order valence-corrected chi connectivity index (χ1v) is 9.24. The second kappa shape index (κ2) is 8.87. The summed E-state index contributed by atoms with van der Waals surface area (Å²) in [6.07, 6.45) is 7.53. The second-order valence-electron chi connectivity index (χ2n) is 7.32. The van der Waals surface area contributed by atoms with E-state index in [9.17, 15) is 0 Å². The van der Waals surface area contributed by atoms with E-state index in [1.807, 2.05) is 12.1 Å². The zero-order valence-electron chi connectivity index (χ0n) is 16.1. The van der Waals surface area contributed by atoms with Gasteiger partial charge in [0.15, 0.2) is 4.99 Å². The number of methoxy groups -OCH3 is 1. The Morgan fingerprint density at radius 3 is 2.19 bits per heavy atom. The van der Waals surface area contributed by atoms with E-state index in [0.717, 1.165) is 25.1 Å². The molecule has 0 bridgehead atoms. The molecule has 2 aromatic rings. The van der Waals surface area contributed by atoms with Gasteiger partial charge in [-0.2, -0.15) is 0 Å². The molecule has 0 heterocycles. The number of ether oxygens (including phenoxy) is 1. The van der Waals surface area contributed by atoms with Crippen LogP contribution in [-0.2, 0) is 19.4 Å². The van der Waals surface area contributed by atoms with Crippen LogP contribution in [0.5, 0.6) is 5.75 Å². The maximum absolute atomic E-state index is 5.58. The van der Waals surface area contributed by atoms with Crippen molar-refractivity contribution in [2.24, 2.45) is 0 Å². The minimum Gasteiger partial charge on any atom is -0.497 e. The van der Waals surface area contributed by atoms with Crippen molar-refractivity contribution in [1.82, 2.24) is 4.90 Å². The molecule has 0 aliphatic rings. The highest BCUT2D eigenvalue weighted by Gasteiger charge is 2.23. The molecule has 0 aromatic heterocycles. The van der Waals surface area contributed by atoms with Gasteiger partial charge in [0.1, 0.15) is 5.75 Å². The predicted molar refractivity (Wildman–Crippen MR) is 114 cm³/mol. The molecule has 3 heteroatoms. The third kappa shape index (κ3) is 5.34. The molecule has 136 valence electrons. The number of nitrogens with zero attached hydrogens (tertiary/aromatic N) is 1. The maximum Gasteiger partial charge on any atom is 0.153 e. The summed E-state index contributed by atoms with van der Waals surface area (Å²) < 4.78 is 5.23. The molecule has 0 atom stereocenters. The van der Waals surface area contributed by atoms with E-state index in [1.165, 1.54) is 16.7 Å². The van der Waals surface area contributed by atoms with E-state index < -0.39 is 0 Å². The van der Waals surface area contributed by atoms with Gasteiger partial charge in [-0.05, 0) is 68.4 Å². The Bertz CT molecular complexity index is 781. The van der Waals surface area contributed by atoms with Gasteiger partial charge in [0.25, 0.3) is 0 Å². The summed E-state index contributed by atoms with van der Waals surface area (Å²) in [7, 11) is 1.69. The SMILES string of the molecule is C#CC(=S)N(Cc1ccccc1CCc1ccc(OC)cc1)C(C)(C)C. The molecule has 0 radical (unpaired) electrons. The van der Waals surface area contributed by atoms with Crippen LogP contribution in [0.1, 0.15) is 37.5 Å². The standard InChI is InChI=1S/C23H27NOS/c1-6-22(26)24(23(2,3)4)17-20-10-8-7-9-19(20)14-11-18-12-15-21(25-5)16-13-18/h1,7-10,12-13,15-16H,11,14,17H2,2-5H3. The lowest BCUT2D eigenvalue weighted by Crippen LogP contribution is -2.43. The van der Waals surface area contributed by atoms with Crippen LogP contribution in [0.15, 0.2) is 48.5 Å². The average molecular weight is 366 g/mol. The molecular weight excluding hydrogens is 338 g/mol. The number of thiocarbonyl (C=S) groups is 1. The fourth-order valence-electron chi connectivity index (χ4n) is 2.89. The molecule has 0 amide bonds. The molecule has 0 saturated heterocycles. The largest absolute Gasteiger partial charge is 0.497 e. The van der Waals surface area contributed by atoms with E-state index in [-0.39, 0.29) is 5.54 Å². The molecule has 2 nitrogen and oxygen atoms in total. The van der Waals surface area contributed by atoms with Gasteiger partial charge < -0.3 is 9.64 Å². The lowest BCUT2D eigenvalue weighted by molar-refractivity contribution is 0.235. The monoisotopic (exact) mass is 365 g/mol. The van der Waals surface area contributed by atoms with Gasteiger partial charge in [-0.3, -0.25) is 0 Å². The molecule has 0 N–H and O–H groups in total. The van der Waals surface area contributed by atoms with E-state index in [0.29, 0.717) is 4.99 Å². The quantitative estimate of drug-likeness (QED) is 0.525. The highest BCUT2D eigenvalue weighted by atomic mass is 32.1. The van der Waals surface area contributed by atoms with Crippen LogP contribution in [0.25, 0.3) is 0 Å². The van der Waals surface area contributed by atoms with Crippen LogP contribution >= 0.6 is 12.2 Å². The van der Waals surface area contributed by atoms with Crippen molar-refractivity contribution >= 4 is 17.2 Å². The molecule has 0 fully saturated rings. The van der Waals surface area contributed by atoms with Crippen LogP contribution < -0.4 is 4.74 Å². The summed E-state index contributed by atoms with van der Waals surface area (Å²) in [5, 5.41) is 0. The zero-order valence-corrected chi connectivity index (χ0v) is 16.9. The summed E-state index contributed by atoms with van der Waals surface area (Å²) in [6, 6.07) is 16.8. The number of benzene rings is 2. The minimum absolute atomic E-state index is 0.119. The Labute approximate surface area is 163 Å². The van der Waals surface area contributed by atoms with E-state index >= 15 is 0 Å². The predicted octanol–water partition coefficient (Wildman–Crippen LogP) is 5.04. The summed E-state index contributed by atoms with van der Waals surface area (Å²) in [5.41, 5.74) is 3.78. The van der Waals surface area contributed by atoms with Gasteiger partial charge in [0.05, 0.1) is 7.11 Å². The highest BCUT2D eigenvalue weighted by molar-refractivity contribution is 7.80. The van der Waals surface area contributed by atoms with Crippen LogP contribution in [0, 0.1) is 12.3 Å². The van der Waals surface area contributed by atoms with Crippen LogP contribution in [0.4, 0.5) is 0 Å². The normalized spacial score (nSPS) is 10.9. The van der Waals surface area contributed by atoms with E-state index in [4.69, 9.17) is 23.4 Å². The number of rotatable bonds is 6. The van der Waals surface area contributed by atoms with Gasteiger partial charge in [0, 0.05) is 12.1 Å². The Balaban J connectivity index is 2.16. The van der Waals surface area contributed by atoms with Crippen molar-refractivity contribution in [2.45, 2.75) is 45.7 Å². The third-order valence-electron chi connectivity index (χ3n) is 4.47. The van der Waals surface area contributed by atoms with E-state index in [2.05, 4.69) is 68.0 Å². The third-order valence-corrected chi connectivity index (χ3v) is 4.81. The summed E-state index contributed by atoms with van der Waals surface area (Å²) >= 11 is 5.41. The summed E-state index contributed by atoms with van der Waals surface area (Å²) in [4.78, 5) is 2.68. The number of hydrogen-bond donors (Lipinski definition) is 0. The van der Waals surface area contributed by atoms with Gasteiger partial charge in [0.2, 0.25) is 0 Å². The van der Waals surface area contributed by atoms with Crippen molar-refractivity contribution in [3.05, 3.63) is 65.2 Å². The molecule has 2 aromatic carbocycles. The molecule has 0 spiro atoms.